The first kappa shape index (κ1) is 16.2. The molecule has 2 unspecified atom stereocenters. The summed E-state index contributed by atoms with van der Waals surface area (Å²) in [4.78, 5) is 0. The predicted molar refractivity (Wildman–Crippen MR) is 65.5 cm³/mol. The summed E-state index contributed by atoms with van der Waals surface area (Å²) < 4.78 is 40.0. The maximum Gasteiger partial charge on any atom is 0.573 e. The molecule has 0 saturated heterocycles. The van der Waals surface area contributed by atoms with Crippen molar-refractivity contribution >= 4 is 15.9 Å². The van der Waals surface area contributed by atoms with Crippen molar-refractivity contribution in [2.45, 2.75) is 25.0 Å². The van der Waals surface area contributed by atoms with Gasteiger partial charge in [-0.3, -0.25) is 0 Å². The number of aliphatic hydroxyl groups excluding tert-OH is 2. The summed E-state index contributed by atoms with van der Waals surface area (Å²) >= 11 is 3.02. The fraction of sp³-hybridized carbons (Fsp3) is 0.455. The minimum Gasteiger partial charge on any atom is -0.406 e. The second-order valence-electron chi connectivity index (χ2n) is 3.82. The molecule has 2 atom stereocenters. The van der Waals surface area contributed by atoms with Crippen molar-refractivity contribution < 1.29 is 28.1 Å². The lowest BCUT2D eigenvalue weighted by molar-refractivity contribution is -0.274. The van der Waals surface area contributed by atoms with Crippen LogP contribution in [-0.4, -0.2) is 29.2 Å². The number of hydrogen-bond acceptors (Lipinski definition) is 4. The van der Waals surface area contributed by atoms with Gasteiger partial charge >= 0.3 is 6.36 Å². The molecule has 0 aliphatic heterocycles. The van der Waals surface area contributed by atoms with Crippen molar-refractivity contribution in [2.75, 3.05) is 6.54 Å². The van der Waals surface area contributed by atoms with Crippen molar-refractivity contribution in [1.29, 1.82) is 0 Å². The van der Waals surface area contributed by atoms with E-state index in [1.807, 2.05) is 0 Å². The number of alkyl halides is 3. The van der Waals surface area contributed by atoms with E-state index in [9.17, 15) is 23.4 Å². The molecule has 0 spiro atoms. The van der Waals surface area contributed by atoms with Crippen LogP contribution < -0.4 is 10.5 Å². The highest BCUT2D eigenvalue weighted by Crippen LogP contribution is 2.32. The van der Waals surface area contributed by atoms with E-state index in [4.69, 9.17) is 5.73 Å². The van der Waals surface area contributed by atoms with E-state index < -0.39 is 24.3 Å². The van der Waals surface area contributed by atoms with Crippen LogP contribution in [0.15, 0.2) is 22.7 Å². The first-order valence-corrected chi connectivity index (χ1v) is 6.15. The summed E-state index contributed by atoms with van der Waals surface area (Å²) in [5, 5.41) is 19.4. The van der Waals surface area contributed by atoms with Gasteiger partial charge in [0.15, 0.2) is 0 Å². The largest absolute Gasteiger partial charge is 0.573 e. The Bertz CT molecular complexity index is 428. The Kier molecular flexibility index (Phi) is 5.60. The summed E-state index contributed by atoms with van der Waals surface area (Å²) in [5.41, 5.74) is 5.51. The lowest BCUT2D eigenvalue weighted by atomic mass is 10.0. The average Bonchev–Trinajstić information content (AvgIpc) is 2.26. The zero-order valence-corrected chi connectivity index (χ0v) is 11.3. The van der Waals surface area contributed by atoms with Crippen LogP contribution in [0.25, 0.3) is 0 Å². The number of nitrogens with two attached hydrogens (primary N) is 1. The van der Waals surface area contributed by atoms with Crippen LogP contribution >= 0.6 is 15.9 Å². The summed E-state index contributed by atoms with van der Waals surface area (Å²) in [6.45, 7) is 0.186. The molecule has 4 nitrogen and oxygen atoms in total. The van der Waals surface area contributed by atoms with Gasteiger partial charge in [-0.25, -0.2) is 0 Å². The standard InChI is InChI=1S/C11H13BrF3NO3/c12-8-5-6(19-11(13,14)15)1-2-7(8)10(18)9(17)3-4-16/h1-2,5,9-10,17-18H,3-4,16H2. The molecule has 1 rings (SSSR count). The molecule has 0 fully saturated rings. The van der Waals surface area contributed by atoms with E-state index in [1.165, 1.54) is 6.07 Å². The molecular weight excluding hydrogens is 331 g/mol. The molecule has 1 aromatic rings. The maximum atomic E-state index is 12.0. The van der Waals surface area contributed by atoms with E-state index in [2.05, 4.69) is 20.7 Å². The molecule has 4 N–H and O–H groups in total. The van der Waals surface area contributed by atoms with E-state index >= 15 is 0 Å². The van der Waals surface area contributed by atoms with E-state index in [-0.39, 0.29) is 23.0 Å². The number of rotatable bonds is 5. The van der Waals surface area contributed by atoms with Gasteiger partial charge in [-0.2, -0.15) is 0 Å². The molecule has 19 heavy (non-hydrogen) atoms. The molecule has 0 aromatic heterocycles. The highest BCUT2D eigenvalue weighted by atomic mass is 79.9. The van der Waals surface area contributed by atoms with Crippen molar-refractivity contribution in [1.82, 2.24) is 0 Å². The number of halogens is 4. The van der Waals surface area contributed by atoms with Gasteiger partial charge in [0.25, 0.3) is 0 Å². The molecule has 0 bridgehead atoms. The van der Waals surface area contributed by atoms with Gasteiger partial charge in [-0.05, 0) is 30.7 Å². The Balaban J connectivity index is 2.88. The number of benzene rings is 1. The van der Waals surface area contributed by atoms with Crippen LogP contribution in [0, 0.1) is 0 Å². The highest BCUT2D eigenvalue weighted by molar-refractivity contribution is 9.10. The predicted octanol–water partition coefficient (Wildman–Crippen LogP) is 2.09. The van der Waals surface area contributed by atoms with E-state index in [1.54, 1.807) is 0 Å². The second kappa shape index (κ2) is 6.56. The van der Waals surface area contributed by atoms with Crippen LogP contribution in [-0.2, 0) is 0 Å². The molecule has 108 valence electrons. The Labute approximate surface area is 116 Å². The van der Waals surface area contributed by atoms with Crippen molar-refractivity contribution in [3.05, 3.63) is 28.2 Å². The van der Waals surface area contributed by atoms with Gasteiger partial charge in [0.05, 0.1) is 6.10 Å². The van der Waals surface area contributed by atoms with E-state index in [0.29, 0.717) is 0 Å². The summed E-state index contributed by atoms with van der Waals surface area (Å²) in [7, 11) is 0. The zero-order chi connectivity index (χ0) is 14.6. The van der Waals surface area contributed by atoms with Crippen LogP contribution in [0.5, 0.6) is 5.75 Å². The molecular formula is C11H13BrF3NO3. The lowest BCUT2D eigenvalue weighted by Crippen LogP contribution is -2.22. The SMILES string of the molecule is NCCC(O)C(O)c1ccc(OC(F)(F)F)cc1Br. The lowest BCUT2D eigenvalue weighted by Gasteiger charge is -2.19. The third kappa shape index (κ3) is 4.98. The quantitative estimate of drug-likeness (QED) is 0.765. The number of hydrogen-bond donors (Lipinski definition) is 3. The fourth-order valence-corrected chi connectivity index (χ4v) is 2.07. The van der Waals surface area contributed by atoms with Crippen molar-refractivity contribution in [3.63, 3.8) is 0 Å². The van der Waals surface area contributed by atoms with Gasteiger partial charge in [0.2, 0.25) is 0 Å². The normalized spacial score (nSPS) is 15.1. The summed E-state index contributed by atoms with van der Waals surface area (Å²) in [6, 6.07) is 3.38. The minimum absolute atomic E-state index is 0.175. The molecule has 8 heteroatoms. The number of aliphatic hydroxyl groups is 2. The monoisotopic (exact) mass is 343 g/mol. The molecule has 1 aromatic carbocycles. The van der Waals surface area contributed by atoms with Crippen LogP contribution in [0.3, 0.4) is 0 Å². The average molecular weight is 344 g/mol. The van der Waals surface area contributed by atoms with Gasteiger partial charge < -0.3 is 20.7 Å². The second-order valence-corrected chi connectivity index (χ2v) is 4.67. The van der Waals surface area contributed by atoms with Crippen molar-refractivity contribution in [3.8, 4) is 5.75 Å². The molecule has 0 radical (unpaired) electrons. The van der Waals surface area contributed by atoms with Gasteiger partial charge in [0, 0.05) is 4.47 Å². The van der Waals surface area contributed by atoms with E-state index in [0.717, 1.165) is 12.1 Å². The minimum atomic E-state index is -4.78. The fourth-order valence-electron chi connectivity index (χ4n) is 1.48. The molecule has 0 heterocycles. The first-order chi connectivity index (χ1) is 8.74. The Morgan fingerprint density at radius 2 is 1.95 bits per heavy atom. The van der Waals surface area contributed by atoms with Crippen LogP contribution in [0.4, 0.5) is 13.2 Å². The smallest absolute Gasteiger partial charge is 0.406 e. The van der Waals surface area contributed by atoms with Crippen molar-refractivity contribution in [2.24, 2.45) is 5.73 Å². The molecule has 0 aliphatic rings. The third-order valence-electron chi connectivity index (χ3n) is 2.35. The van der Waals surface area contributed by atoms with Gasteiger partial charge in [-0.15, -0.1) is 13.2 Å². The van der Waals surface area contributed by atoms with Crippen LogP contribution in [0.1, 0.15) is 18.1 Å². The molecule has 0 saturated carbocycles. The Hall–Kier alpha value is -0.830. The third-order valence-corrected chi connectivity index (χ3v) is 3.04. The zero-order valence-electron chi connectivity index (χ0n) is 9.69. The van der Waals surface area contributed by atoms with Gasteiger partial charge in [0.1, 0.15) is 11.9 Å². The van der Waals surface area contributed by atoms with Gasteiger partial charge in [-0.1, -0.05) is 22.0 Å². The number of ether oxygens (including phenoxy) is 1. The topological polar surface area (TPSA) is 75.7 Å². The summed E-state index contributed by atoms with van der Waals surface area (Å²) in [5.74, 6) is -0.413. The maximum absolute atomic E-state index is 12.0. The highest BCUT2D eigenvalue weighted by Gasteiger charge is 2.31. The molecule has 0 amide bonds. The Morgan fingerprint density at radius 1 is 1.32 bits per heavy atom. The first-order valence-electron chi connectivity index (χ1n) is 5.36. The van der Waals surface area contributed by atoms with Crippen LogP contribution in [0.2, 0.25) is 0 Å². The molecule has 0 aliphatic carbocycles. The Morgan fingerprint density at radius 3 is 2.42 bits per heavy atom. The summed E-state index contributed by atoms with van der Waals surface area (Å²) in [6.07, 6.45) is -6.93.